The average molecular weight is 198 g/mol. The topological polar surface area (TPSA) is 0 Å². The van der Waals surface area contributed by atoms with E-state index in [0.29, 0.717) is 7.92 Å². The molecule has 1 heteroatoms. The number of fused-ring (bicyclic) bond motifs is 2. The summed E-state index contributed by atoms with van der Waals surface area (Å²) in [7, 11) is 0.469. The third-order valence-electron chi connectivity index (χ3n) is 4.19. The Morgan fingerprint density at radius 3 is 2.85 bits per heavy atom. The van der Waals surface area contributed by atoms with Crippen LogP contribution in [0, 0.1) is 11.8 Å². The van der Waals surface area contributed by atoms with Crippen LogP contribution >= 0.6 is 7.92 Å². The highest BCUT2D eigenvalue weighted by molar-refractivity contribution is 7.58. The summed E-state index contributed by atoms with van der Waals surface area (Å²) in [4.78, 5) is 0. The first-order valence-electron chi connectivity index (χ1n) is 6.07. The van der Waals surface area contributed by atoms with Crippen molar-refractivity contribution < 1.29 is 0 Å². The Balaban J connectivity index is 2.07. The molecule has 2 bridgehead atoms. The van der Waals surface area contributed by atoms with E-state index in [0.717, 1.165) is 11.8 Å². The standard InChI is InChI=1S/C12H23P/c1-3-10(2)12-11-6-4-5-8-13(12)9-7-11/h10-12H,3-9H2,1-2H3/t10-,11-,12+,13?/m0/s1. The van der Waals surface area contributed by atoms with Crippen LogP contribution in [0.4, 0.5) is 0 Å². The van der Waals surface area contributed by atoms with Crippen LogP contribution in [0.5, 0.6) is 0 Å². The molecule has 2 fully saturated rings. The van der Waals surface area contributed by atoms with E-state index in [1.165, 1.54) is 18.5 Å². The minimum absolute atomic E-state index is 0.469. The average Bonchev–Trinajstić information content (AvgIpc) is 2.38. The van der Waals surface area contributed by atoms with Gasteiger partial charge in [0.2, 0.25) is 0 Å². The summed E-state index contributed by atoms with van der Waals surface area (Å²) in [5, 5.41) is 0. The van der Waals surface area contributed by atoms with Gasteiger partial charge in [0.25, 0.3) is 0 Å². The van der Waals surface area contributed by atoms with Crippen LogP contribution in [-0.2, 0) is 0 Å². The van der Waals surface area contributed by atoms with E-state index in [2.05, 4.69) is 13.8 Å². The van der Waals surface area contributed by atoms with Crippen LogP contribution in [-0.4, -0.2) is 18.0 Å². The summed E-state index contributed by atoms with van der Waals surface area (Å²) in [5.41, 5.74) is 1.17. The van der Waals surface area contributed by atoms with Gasteiger partial charge in [-0.25, -0.2) is 0 Å². The summed E-state index contributed by atoms with van der Waals surface area (Å²) >= 11 is 0. The zero-order valence-corrected chi connectivity index (χ0v) is 10.0. The molecule has 0 amide bonds. The molecule has 0 nitrogen and oxygen atoms in total. The summed E-state index contributed by atoms with van der Waals surface area (Å²) in [5.74, 6) is 2.17. The van der Waals surface area contributed by atoms with E-state index in [1.807, 2.05) is 0 Å². The van der Waals surface area contributed by atoms with E-state index >= 15 is 0 Å². The molecule has 2 heterocycles. The van der Waals surface area contributed by atoms with Crippen molar-refractivity contribution in [2.24, 2.45) is 11.8 Å². The summed E-state index contributed by atoms with van der Waals surface area (Å²) in [6.07, 6.45) is 10.9. The maximum Gasteiger partial charge on any atom is -0.0155 e. The van der Waals surface area contributed by atoms with Crippen LogP contribution in [0.3, 0.4) is 0 Å². The molecule has 0 aromatic rings. The molecule has 1 unspecified atom stereocenters. The molecule has 0 saturated carbocycles. The monoisotopic (exact) mass is 198 g/mol. The lowest BCUT2D eigenvalue weighted by molar-refractivity contribution is 0.381. The summed E-state index contributed by atoms with van der Waals surface area (Å²) in [6.45, 7) is 4.88. The first-order chi connectivity index (χ1) is 6.33. The molecule has 0 spiro atoms. The number of hydrogen-bond acceptors (Lipinski definition) is 0. The molecule has 0 radical (unpaired) electrons. The summed E-state index contributed by atoms with van der Waals surface area (Å²) in [6, 6.07) is 0. The van der Waals surface area contributed by atoms with Crippen LogP contribution in [0.25, 0.3) is 0 Å². The normalized spacial score (nSPS) is 41.5. The number of hydrogen-bond donors (Lipinski definition) is 0. The Hall–Kier alpha value is 0.430. The molecule has 0 aliphatic carbocycles. The van der Waals surface area contributed by atoms with Gasteiger partial charge in [-0.15, -0.1) is 7.92 Å². The third-order valence-corrected chi connectivity index (χ3v) is 7.69. The van der Waals surface area contributed by atoms with Crippen LogP contribution in [0.2, 0.25) is 0 Å². The quantitative estimate of drug-likeness (QED) is 0.586. The molecule has 0 aromatic carbocycles. The maximum atomic E-state index is 2.50. The first-order valence-corrected chi connectivity index (χ1v) is 7.85. The number of rotatable bonds is 2. The third kappa shape index (κ3) is 1.94. The Labute approximate surface area is 84.2 Å². The van der Waals surface area contributed by atoms with Gasteiger partial charge in [0, 0.05) is 0 Å². The van der Waals surface area contributed by atoms with Gasteiger partial charge in [-0.2, -0.15) is 0 Å². The second-order valence-electron chi connectivity index (χ2n) is 4.96. The van der Waals surface area contributed by atoms with Crippen molar-refractivity contribution in [3.8, 4) is 0 Å². The SMILES string of the molecule is CC[C@H](C)[C@@H]1[C@H]2CCCCP1CC2. The highest BCUT2D eigenvalue weighted by atomic mass is 31.1. The lowest BCUT2D eigenvalue weighted by Gasteiger charge is -2.28. The summed E-state index contributed by atoms with van der Waals surface area (Å²) < 4.78 is 0. The van der Waals surface area contributed by atoms with Gasteiger partial charge in [0.05, 0.1) is 0 Å². The second-order valence-corrected chi connectivity index (χ2v) is 7.62. The predicted molar refractivity (Wildman–Crippen MR) is 61.9 cm³/mol. The first kappa shape index (κ1) is 9.97. The Bertz CT molecular complexity index is 153. The van der Waals surface area contributed by atoms with Gasteiger partial charge in [0.1, 0.15) is 0 Å². The maximum absolute atomic E-state index is 2.50. The predicted octanol–water partition coefficient (Wildman–Crippen LogP) is 4.09. The van der Waals surface area contributed by atoms with Crippen LogP contribution < -0.4 is 0 Å². The lowest BCUT2D eigenvalue weighted by atomic mass is 9.88. The van der Waals surface area contributed by atoms with Gasteiger partial charge in [-0.1, -0.05) is 26.7 Å². The van der Waals surface area contributed by atoms with E-state index < -0.39 is 0 Å². The molecule has 0 aromatic heterocycles. The molecule has 4 atom stereocenters. The van der Waals surface area contributed by atoms with Crippen LogP contribution in [0.1, 0.15) is 46.0 Å². The minimum atomic E-state index is 0.469. The lowest BCUT2D eigenvalue weighted by Crippen LogP contribution is -2.20. The van der Waals surface area contributed by atoms with Gasteiger partial charge >= 0.3 is 0 Å². The van der Waals surface area contributed by atoms with E-state index in [4.69, 9.17) is 0 Å². The van der Waals surface area contributed by atoms with Gasteiger partial charge in [-0.3, -0.25) is 0 Å². The molecule has 76 valence electrons. The molecule has 2 rings (SSSR count). The van der Waals surface area contributed by atoms with Crippen LogP contribution in [0.15, 0.2) is 0 Å². The van der Waals surface area contributed by atoms with Gasteiger partial charge in [0.15, 0.2) is 0 Å². The molecular formula is C12H23P. The fraction of sp³-hybridized carbons (Fsp3) is 1.00. The smallest absolute Gasteiger partial charge is 0.0155 e. The fourth-order valence-electron chi connectivity index (χ4n) is 3.31. The van der Waals surface area contributed by atoms with Crippen molar-refractivity contribution >= 4 is 7.92 Å². The van der Waals surface area contributed by atoms with Crippen molar-refractivity contribution in [3.05, 3.63) is 0 Å². The molecule has 2 aliphatic heterocycles. The van der Waals surface area contributed by atoms with Crippen molar-refractivity contribution in [2.45, 2.75) is 51.6 Å². The van der Waals surface area contributed by atoms with E-state index in [-0.39, 0.29) is 0 Å². The van der Waals surface area contributed by atoms with Gasteiger partial charge in [-0.05, 0) is 49.1 Å². The van der Waals surface area contributed by atoms with Gasteiger partial charge < -0.3 is 0 Å². The van der Waals surface area contributed by atoms with Crippen molar-refractivity contribution in [1.29, 1.82) is 0 Å². The van der Waals surface area contributed by atoms with Crippen molar-refractivity contribution in [1.82, 2.24) is 0 Å². The second kappa shape index (κ2) is 4.30. The highest BCUT2D eigenvalue weighted by Crippen LogP contribution is 2.59. The Morgan fingerprint density at radius 2 is 2.08 bits per heavy atom. The Morgan fingerprint density at radius 1 is 1.23 bits per heavy atom. The molecular weight excluding hydrogens is 175 g/mol. The van der Waals surface area contributed by atoms with E-state index in [1.54, 1.807) is 31.6 Å². The molecule has 2 saturated heterocycles. The van der Waals surface area contributed by atoms with Crippen molar-refractivity contribution in [2.75, 3.05) is 12.3 Å². The Kier molecular flexibility index (Phi) is 3.30. The molecule has 0 N–H and O–H groups in total. The zero-order valence-electron chi connectivity index (χ0n) is 9.13. The van der Waals surface area contributed by atoms with Crippen molar-refractivity contribution in [3.63, 3.8) is 0 Å². The molecule has 13 heavy (non-hydrogen) atoms. The fourth-order valence-corrected chi connectivity index (χ4v) is 7.25. The molecule has 2 aliphatic rings. The zero-order chi connectivity index (χ0) is 9.26. The minimum Gasteiger partial charge on any atom is -0.103 e. The van der Waals surface area contributed by atoms with E-state index in [9.17, 15) is 0 Å². The highest BCUT2D eigenvalue weighted by Gasteiger charge is 2.38. The largest absolute Gasteiger partial charge is 0.103 e.